The summed E-state index contributed by atoms with van der Waals surface area (Å²) < 4.78 is 0. The zero-order chi connectivity index (χ0) is 12.0. The van der Waals surface area contributed by atoms with E-state index in [0.717, 1.165) is 42.8 Å². The van der Waals surface area contributed by atoms with E-state index in [-0.39, 0.29) is 6.10 Å². The first-order valence-electron chi connectivity index (χ1n) is 6.33. The fourth-order valence-electron chi connectivity index (χ4n) is 3.19. The van der Waals surface area contributed by atoms with Crippen molar-refractivity contribution in [2.45, 2.75) is 50.8 Å². The third-order valence-corrected chi connectivity index (χ3v) is 4.10. The number of aromatic nitrogens is 1. The molecule has 2 fully saturated rings. The largest absolute Gasteiger partial charge is 0.398 e. The van der Waals surface area contributed by atoms with Crippen molar-refractivity contribution >= 4 is 11.5 Å². The van der Waals surface area contributed by atoms with Gasteiger partial charge in [0.1, 0.15) is 5.82 Å². The fourth-order valence-corrected chi connectivity index (χ4v) is 3.19. The topological polar surface area (TPSA) is 62.4 Å². The molecule has 2 bridgehead atoms. The maximum Gasteiger partial charge on any atom is 0.131 e. The molecule has 0 aromatic carbocycles. The van der Waals surface area contributed by atoms with Crippen LogP contribution in [0.1, 0.15) is 31.2 Å². The third kappa shape index (κ3) is 1.76. The van der Waals surface area contributed by atoms with Gasteiger partial charge in [-0.05, 0) is 38.2 Å². The summed E-state index contributed by atoms with van der Waals surface area (Å²) in [6.07, 6.45) is 5.77. The molecule has 0 saturated carbocycles. The minimum absolute atomic E-state index is 0.133. The second-order valence-corrected chi connectivity index (χ2v) is 5.32. The average molecular weight is 233 g/mol. The highest BCUT2D eigenvalue weighted by molar-refractivity contribution is 5.56. The van der Waals surface area contributed by atoms with Crippen LogP contribution in [-0.4, -0.2) is 28.3 Å². The number of piperidine rings is 1. The molecule has 1 aromatic rings. The quantitative estimate of drug-likeness (QED) is 0.771. The van der Waals surface area contributed by atoms with E-state index in [1.807, 2.05) is 19.2 Å². The van der Waals surface area contributed by atoms with E-state index in [2.05, 4.69) is 9.88 Å². The Hall–Kier alpha value is -1.29. The molecule has 0 radical (unpaired) electrons. The van der Waals surface area contributed by atoms with Crippen molar-refractivity contribution in [1.29, 1.82) is 0 Å². The van der Waals surface area contributed by atoms with E-state index < -0.39 is 0 Å². The number of hydrogen-bond donors (Lipinski definition) is 2. The maximum atomic E-state index is 9.78. The lowest BCUT2D eigenvalue weighted by Crippen LogP contribution is -2.45. The number of nitrogens with zero attached hydrogens (tertiary/aromatic N) is 2. The Morgan fingerprint density at radius 3 is 2.59 bits per heavy atom. The fraction of sp³-hybridized carbons (Fsp3) is 0.615. The molecule has 0 amide bonds. The van der Waals surface area contributed by atoms with Crippen LogP contribution in [0.2, 0.25) is 0 Å². The second-order valence-electron chi connectivity index (χ2n) is 5.32. The molecule has 17 heavy (non-hydrogen) atoms. The molecule has 3 N–H and O–H groups in total. The van der Waals surface area contributed by atoms with Crippen LogP contribution in [0.5, 0.6) is 0 Å². The molecule has 2 unspecified atom stereocenters. The molecule has 3 rings (SSSR count). The molecule has 0 spiro atoms. The first kappa shape index (κ1) is 10.8. The molecular formula is C13H19N3O. The molecule has 4 heteroatoms. The second kappa shape index (κ2) is 3.88. The highest BCUT2D eigenvalue weighted by atomic mass is 16.3. The van der Waals surface area contributed by atoms with Crippen molar-refractivity contribution in [2.24, 2.45) is 0 Å². The number of aryl methyl sites for hydroxylation is 1. The molecule has 2 atom stereocenters. The van der Waals surface area contributed by atoms with Crippen LogP contribution in [0.25, 0.3) is 0 Å². The summed E-state index contributed by atoms with van der Waals surface area (Å²) in [6.45, 7) is 1.97. The predicted molar refractivity (Wildman–Crippen MR) is 67.9 cm³/mol. The number of pyridine rings is 1. The summed E-state index contributed by atoms with van der Waals surface area (Å²) in [5.74, 6) is 0.979. The van der Waals surface area contributed by atoms with Crippen molar-refractivity contribution < 1.29 is 5.11 Å². The molecule has 92 valence electrons. The number of rotatable bonds is 1. The van der Waals surface area contributed by atoms with Gasteiger partial charge in [-0.1, -0.05) is 0 Å². The van der Waals surface area contributed by atoms with Gasteiger partial charge >= 0.3 is 0 Å². The van der Waals surface area contributed by atoms with Gasteiger partial charge in [0.25, 0.3) is 0 Å². The zero-order valence-corrected chi connectivity index (χ0v) is 10.1. The van der Waals surface area contributed by atoms with E-state index >= 15 is 0 Å². The Labute approximate surface area is 101 Å². The first-order chi connectivity index (χ1) is 8.15. The van der Waals surface area contributed by atoms with Crippen molar-refractivity contribution in [3.63, 3.8) is 0 Å². The van der Waals surface area contributed by atoms with Gasteiger partial charge in [0.2, 0.25) is 0 Å². The standard InChI is InChI=1S/C13H19N3O/c1-8-7-15-13(6-12(8)14)16-9-2-3-10(16)5-11(17)4-9/h6-7,9-11,17H,2-5H2,1H3,(H2,14,15). The summed E-state index contributed by atoms with van der Waals surface area (Å²) in [5.41, 5.74) is 7.78. The first-order valence-corrected chi connectivity index (χ1v) is 6.33. The van der Waals surface area contributed by atoms with Crippen LogP contribution < -0.4 is 10.6 Å². The molecule has 0 aliphatic carbocycles. The van der Waals surface area contributed by atoms with Crippen LogP contribution in [0.15, 0.2) is 12.3 Å². The van der Waals surface area contributed by atoms with Crippen molar-refractivity contribution in [2.75, 3.05) is 10.6 Å². The Morgan fingerprint density at radius 2 is 2.00 bits per heavy atom. The van der Waals surface area contributed by atoms with E-state index in [1.165, 1.54) is 0 Å². The molecule has 2 aliphatic rings. The van der Waals surface area contributed by atoms with Crippen LogP contribution in [0.4, 0.5) is 11.5 Å². The number of anilines is 2. The Kier molecular flexibility index (Phi) is 2.47. The van der Waals surface area contributed by atoms with Gasteiger partial charge in [0.15, 0.2) is 0 Å². The van der Waals surface area contributed by atoms with Crippen LogP contribution >= 0.6 is 0 Å². The van der Waals surface area contributed by atoms with Crippen molar-refractivity contribution in [3.05, 3.63) is 17.8 Å². The molecular weight excluding hydrogens is 214 g/mol. The minimum atomic E-state index is -0.133. The van der Waals surface area contributed by atoms with E-state index in [1.54, 1.807) is 0 Å². The number of hydrogen-bond acceptors (Lipinski definition) is 4. The lowest BCUT2D eigenvalue weighted by molar-refractivity contribution is 0.126. The number of nitrogens with two attached hydrogens (primary N) is 1. The van der Waals surface area contributed by atoms with Crippen LogP contribution in [-0.2, 0) is 0 Å². The number of fused-ring (bicyclic) bond motifs is 2. The summed E-state index contributed by atoms with van der Waals surface area (Å²) in [6, 6.07) is 2.86. The van der Waals surface area contributed by atoms with E-state index in [4.69, 9.17) is 5.73 Å². The van der Waals surface area contributed by atoms with Crippen LogP contribution in [0, 0.1) is 6.92 Å². The third-order valence-electron chi connectivity index (χ3n) is 4.10. The minimum Gasteiger partial charge on any atom is -0.398 e. The highest BCUT2D eigenvalue weighted by Crippen LogP contribution is 2.39. The number of aliphatic hydroxyl groups excluding tert-OH is 1. The SMILES string of the molecule is Cc1cnc(N2C3CCC2CC(O)C3)cc1N. The Morgan fingerprint density at radius 1 is 1.35 bits per heavy atom. The average Bonchev–Trinajstić information content (AvgIpc) is 2.55. The molecule has 2 aliphatic heterocycles. The van der Waals surface area contributed by atoms with E-state index in [0.29, 0.717) is 12.1 Å². The van der Waals surface area contributed by atoms with Gasteiger partial charge in [0, 0.05) is 30.0 Å². The molecule has 3 heterocycles. The van der Waals surface area contributed by atoms with Crippen molar-refractivity contribution in [1.82, 2.24) is 4.98 Å². The summed E-state index contributed by atoms with van der Waals surface area (Å²) >= 11 is 0. The van der Waals surface area contributed by atoms with Gasteiger partial charge in [-0.15, -0.1) is 0 Å². The Balaban J connectivity index is 1.92. The number of aliphatic hydroxyl groups is 1. The normalized spacial score (nSPS) is 31.9. The van der Waals surface area contributed by atoms with Gasteiger partial charge in [-0.3, -0.25) is 0 Å². The lowest BCUT2D eigenvalue weighted by Gasteiger charge is -2.38. The van der Waals surface area contributed by atoms with Gasteiger partial charge < -0.3 is 15.7 Å². The molecule has 4 nitrogen and oxygen atoms in total. The highest BCUT2D eigenvalue weighted by Gasteiger charge is 2.40. The maximum absolute atomic E-state index is 9.78. The summed E-state index contributed by atoms with van der Waals surface area (Å²) in [5, 5.41) is 9.78. The molecule has 1 aromatic heterocycles. The molecule has 2 saturated heterocycles. The summed E-state index contributed by atoms with van der Waals surface area (Å²) in [7, 11) is 0. The van der Waals surface area contributed by atoms with Crippen LogP contribution in [0.3, 0.4) is 0 Å². The lowest BCUT2D eigenvalue weighted by atomic mass is 10.00. The van der Waals surface area contributed by atoms with Gasteiger partial charge in [0.05, 0.1) is 6.10 Å². The Bertz CT molecular complexity index is 421. The predicted octanol–water partition coefficient (Wildman–Crippen LogP) is 1.46. The van der Waals surface area contributed by atoms with Gasteiger partial charge in [-0.2, -0.15) is 0 Å². The summed E-state index contributed by atoms with van der Waals surface area (Å²) in [4.78, 5) is 6.86. The smallest absolute Gasteiger partial charge is 0.131 e. The van der Waals surface area contributed by atoms with E-state index in [9.17, 15) is 5.11 Å². The zero-order valence-electron chi connectivity index (χ0n) is 10.1. The van der Waals surface area contributed by atoms with Gasteiger partial charge in [-0.25, -0.2) is 4.98 Å². The number of nitrogen functional groups attached to an aromatic ring is 1. The van der Waals surface area contributed by atoms with Crippen molar-refractivity contribution in [3.8, 4) is 0 Å². The monoisotopic (exact) mass is 233 g/mol.